The van der Waals surface area contributed by atoms with Crippen LogP contribution in [-0.2, 0) is 35.2 Å². The lowest BCUT2D eigenvalue weighted by molar-refractivity contribution is -0.870. The average molecular weight is 665 g/mol. The lowest BCUT2D eigenvalue weighted by Gasteiger charge is -2.27. The molecule has 0 aliphatic heterocycles. The molecule has 9 N–H and O–H groups in total. The second kappa shape index (κ2) is 19.4. The number of nitrogens with two attached hydrogens (primary N) is 1. The molecule has 264 valence electrons. The normalized spacial score (nSPS) is 14.6. The fourth-order valence-corrected chi connectivity index (χ4v) is 4.66. The van der Waals surface area contributed by atoms with E-state index in [-0.39, 0.29) is 30.9 Å². The van der Waals surface area contributed by atoms with Crippen molar-refractivity contribution in [1.29, 1.82) is 0 Å². The van der Waals surface area contributed by atoms with E-state index in [1.807, 2.05) is 35.0 Å². The highest BCUT2D eigenvalue weighted by Crippen LogP contribution is 2.12. The Morgan fingerprint density at radius 1 is 0.745 bits per heavy atom. The molecule has 0 aliphatic rings. The highest BCUT2D eigenvalue weighted by Gasteiger charge is 2.31. The van der Waals surface area contributed by atoms with E-state index in [0.29, 0.717) is 16.5 Å². The van der Waals surface area contributed by atoms with E-state index in [2.05, 4.69) is 26.6 Å². The summed E-state index contributed by atoms with van der Waals surface area (Å²) >= 11 is 0. The van der Waals surface area contributed by atoms with Crippen LogP contribution in [0.3, 0.4) is 0 Å². The number of aliphatic hydroxyl groups excluding tert-OH is 1. The first-order chi connectivity index (χ1) is 21.8. The summed E-state index contributed by atoms with van der Waals surface area (Å²) in [6.07, 6.45) is 1.86. The van der Waals surface area contributed by atoms with Crippen molar-refractivity contribution in [1.82, 2.24) is 26.6 Å². The van der Waals surface area contributed by atoms with Gasteiger partial charge in [0.2, 0.25) is 35.4 Å². The highest BCUT2D eigenvalue weighted by atomic mass is 16.3. The lowest BCUT2D eigenvalue weighted by atomic mass is 10.0. The van der Waals surface area contributed by atoms with E-state index in [9.17, 15) is 39.0 Å². The minimum absolute atomic E-state index is 0.0455. The third-order valence-corrected chi connectivity index (χ3v) is 7.21. The van der Waals surface area contributed by atoms with Crippen molar-refractivity contribution in [2.75, 3.05) is 34.3 Å². The van der Waals surface area contributed by atoms with Crippen LogP contribution < -0.4 is 32.3 Å². The molecule has 0 fully saturated rings. The lowest BCUT2D eigenvalue weighted by Crippen LogP contribution is -2.59. The second-order valence-corrected chi connectivity index (χ2v) is 13.3. The van der Waals surface area contributed by atoms with E-state index >= 15 is 0 Å². The Kier molecular flexibility index (Phi) is 16.9. The van der Waals surface area contributed by atoms with Crippen LogP contribution in [0.2, 0.25) is 0 Å². The fourth-order valence-electron chi connectivity index (χ4n) is 4.66. The summed E-state index contributed by atoms with van der Waals surface area (Å²) in [6, 6.07) is 0.529. The Bertz CT molecular complexity index is 1220. The van der Waals surface area contributed by atoms with E-state index in [4.69, 9.17) is 5.73 Å². The number of primary amides is 1. The molecule has 0 aliphatic carbocycles. The van der Waals surface area contributed by atoms with Crippen LogP contribution in [0.4, 0.5) is 0 Å². The number of aromatic hydroxyl groups is 1. The minimum Gasteiger partial charge on any atom is -0.508 e. The van der Waals surface area contributed by atoms with Crippen LogP contribution >= 0.6 is 0 Å². The molecule has 1 aromatic carbocycles. The summed E-state index contributed by atoms with van der Waals surface area (Å²) in [5, 5.41) is 31.9. The molecule has 15 heteroatoms. The quantitative estimate of drug-likeness (QED) is 0.0622. The van der Waals surface area contributed by atoms with E-state index in [0.717, 1.165) is 13.0 Å². The van der Waals surface area contributed by atoms with Crippen molar-refractivity contribution >= 4 is 35.4 Å². The summed E-state index contributed by atoms with van der Waals surface area (Å²) in [5.74, 6) is -4.01. The maximum absolute atomic E-state index is 13.5. The average Bonchev–Trinajstić information content (AvgIpc) is 2.96. The largest absolute Gasteiger partial charge is 0.508 e. The number of nitrogens with one attached hydrogen (secondary N) is 5. The number of amides is 6. The van der Waals surface area contributed by atoms with Gasteiger partial charge in [0.1, 0.15) is 36.0 Å². The Labute approximate surface area is 277 Å². The van der Waals surface area contributed by atoms with Crippen LogP contribution in [0.25, 0.3) is 0 Å². The Morgan fingerprint density at radius 2 is 1.28 bits per heavy atom. The zero-order valence-electron chi connectivity index (χ0n) is 28.6. The number of hydrogen-bond acceptors (Lipinski definition) is 8. The monoisotopic (exact) mass is 664 g/mol. The van der Waals surface area contributed by atoms with Crippen LogP contribution in [0.5, 0.6) is 5.75 Å². The number of quaternary nitrogens is 1. The van der Waals surface area contributed by atoms with Gasteiger partial charge in [0, 0.05) is 13.3 Å². The number of phenols is 1. The number of hydrogen-bond donors (Lipinski definition) is 8. The molecule has 0 unspecified atom stereocenters. The standard InChI is InChI=1S/C32H53N7O8/c1-19(2)16-25(32(47)36-24(10-8-9-15-39(5,6)7)30(45)38-27(18-40)28(33)43)37-29(44)20(3)34-31(46)26(35-21(4)41)17-22-11-13-23(42)14-12-22/h11-14,19-20,24-27,40H,8-10,15-18H2,1-7H3,(H7-,33,34,35,36,37,38,41,42,43,44,45,46,47)/p+1/t20-,24-,25-,26-,27-/m0/s1. The van der Waals surface area contributed by atoms with Crippen molar-refractivity contribution in [3.05, 3.63) is 29.8 Å². The van der Waals surface area contributed by atoms with Crippen LogP contribution in [-0.4, -0.2) is 115 Å². The van der Waals surface area contributed by atoms with Gasteiger partial charge in [-0.2, -0.15) is 0 Å². The maximum Gasteiger partial charge on any atom is 0.243 e. The molecule has 0 spiro atoms. The zero-order valence-corrected chi connectivity index (χ0v) is 28.6. The van der Waals surface area contributed by atoms with Gasteiger partial charge in [-0.3, -0.25) is 28.8 Å². The smallest absolute Gasteiger partial charge is 0.243 e. The molecule has 0 heterocycles. The molecule has 6 amide bonds. The molecule has 1 aromatic rings. The molecule has 0 aromatic heterocycles. The summed E-state index contributed by atoms with van der Waals surface area (Å²) in [4.78, 5) is 76.3. The van der Waals surface area contributed by atoms with Gasteiger partial charge in [-0.05, 0) is 56.2 Å². The minimum atomic E-state index is -1.33. The number of unbranched alkanes of at least 4 members (excludes halogenated alkanes) is 1. The van der Waals surface area contributed by atoms with Crippen molar-refractivity contribution in [2.24, 2.45) is 11.7 Å². The number of aliphatic hydroxyl groups is 1. The van der Waals surface area contributed by atoms with Crippen molar-refractivity contribution in [3.63, 3.8) is 0 Å². The number of benzene rings is 1. The molecule has 0 bridgehead atoms. The predicted octanol–water partition coefficient (Wildman–Crippen LogP) is -1.20. The van der Waals surface area contributed by atoms with Crippen LogP contribution in [0.1, 0.15) is 58.9 Å². The Morgan fingerprint density at radius 3 is 1.79 bits per heavy atom. The molecular weight excluding hydrogens is 610 g/mol. The summed E-state index contributed by atoms with van der Waals surface area (Å²) in [5.41, 5.74) is 5.93. The van der Waals surface area contributed by atoms with E-state index in [1.165, 1.54) is 26.0 Å². The van der Waals surface area contributed by atoms with Gasteiger partial charge < -0.3 is 47.0 Å². The molecule has 47 heavy (non-hydrogen) atoms. The van der Waals surface area contributed by atoms with Gasteiger partial charge in [-0.25, -0.2) is 0 Å². The van der Waals surface area contributed by atoms with Gasteiger partial charge in [0.15, 0.2) is 0 Å². The number of carbonyl (C=O) groups excluding carboxylic acids is 6. The van der Waals surface area contributed by atoms with Crippen molar-refractivity contribution < 1.29 is 43.5 Å². The Hall–Kier alpha value is -4.24. The predicted molar refractivity (Wildman–Crippen MR) is 175 cm³/mol. The number of rotatable bonds is 20. The van der Waals surface area contributed by atoms with Gasteiger partial charge in [0.05, 0.1) is 34.3 Å². The molecular formula is C32H54N7O8+. The maximum atomic E-state index is 13.5. The van der Waals surface area contributed by atoms with Crippen LogP contribution in [0, 0.1) is 5.92 Å². The number of phenolic OH excluding ortho intramolecular Hbond substituents is 1. The van der Waals surface area contributed by atoms with E-state index in [1.54, 1.807) is 12.1 Å². The third-order valence-electron chi connectivity index (χ3n) is 7.21. The van der Waals surface area contributed by atoms with Gasteiger partial charge in [-0.15, -0.1) is 0 Å². The summed E-state index contributed by atoms with van der Waals surface area (Å²) in [7, 11) is 6.09. The molecule has 0 saturated carbocycles. The molecule has 1 rings (SSSR count). The first-order valence-electron chi connectivity index (χ1n) is 15.8. The van der Waals surface area contributed by atoms with Crippen molar-refractivity contribution in [3.8, 4) is 5.75 Å². The molecule has 0 saturated heterocycles. The number of carbonyl (C=O) groups is 6. The molecule has 15 nitrogen and oxygen atoms in total. The zero-order chi connectivity index (χ0) is 35.9. The van der Waals surface area contributed by atoms with Crippen molar-refractivity contribution in [2.45, 2.75) is 90.0 Å². The summed E-state index contributed by atoms with van der Waals surface area (Å²) < 4.78 is 0.705. The highest BCUT2D eigenvalue weighted by molar-refractivity contribution is 5.96. The second-order valence-electron chi connectivity index (χ2n) is 13.3. The van der Waals surface area contributed by atoms with Gasteiger partial charge >= 0.3 is 0 Å². The van der Waals surface area contributed by atoms with E-state index < -0.39 is 72.3 Å². The molecule has 5 atom stereocenters. The summed E-state index contributed by atoms with van der Waals surface area (Å²) in [6.45, 7) is 6.51. The number of nitrogens with zero attached hydrogens (tertiary/aromatic N) is 1. The first-order valence-corrected chi connectivity index (χ1v) is 15.8. The molecule has 0 radical (unpaired) electrons. The third kappa shape index (κ3) is 16.2. The fraction of sp³-hybridized carbons (Fsp3) is 0.625. The van der Waals surface area contributed by atoms with Gasteiger partial charge in [0.25, 0.3) is 0 Å². The first kappa shape index (κ1) is 40.8. The van der Waals surface area contributed by atoms with Crippen LogP contribution in [0.15, 0.2) is 24.3 Å². The topological polar surface area (TPSA) is 229 Å². The Balaban J connectivity index is 3.05. The van der Waals surface area contributed by atoms with Gasteiger partial charge in [-0.1, -0.05) is 26.0 Å². The SMILES string of the molecule is CC(=O)N[C@@H](Cc1ccc(O)cc1)C(=O)N[C@@H](C)C(=O)N[C@@H](CC(C)C)C(=O)N[C@@H](CCCC[N+](C)(C)C)C(=O)N[C@@H](CO)C(N)=O.